The Morgan fingerprint density at radius 1 is 1.35 bits per heavy atom. The Hall–Kier alpha value is -0.460. The number of rotatable bonds is 2. The van der Waals surface area contributed by atoms with Crippen molar-refractivity contribution in [2.24, 2.45) is 0 Å². The average Bonchev–Trinajstić information content (AvgIpc) is 2.65. The zero-order chi connectivity index (χ0) is 11.7. The smallest absolute Gasteiger partial charge is 0.768 e. The van der Waals surface area contributed by atoms with E-state index in [1.165, 1.54) is 6.26 Å². The summed E-state index contributed by atoms with van der Waals surface area (Å²) in [6, 6.07) is 5.08. The fourth-order valence-electron chi connectivity index (χ4n) is 1.40. The van der Waals surface area contributed by atoms with Gasteiger partial charge in [0.25, 0.3) is 0 Å². The van der Waals surface area contributed by atoms with Crippen LogP contribution in [-0.2, 0) is 11.1 Å². The first-order valence-electron chi connectivity index (χ1n) is 4.70. The maximum Gasteiger partial charge on any atom is 1.00 e. The van der Waals surface area contributed by atoms with E-state index in [0.717, 1.165) is 5.69 Å². The molecule has 1 unspecified atom stereocenters. The summed E-state index contributed by atoms with van der Waals surface area (Å²) in [5.41, 5.74) is 2.14. The van der Waals surface area contributed by atoms with Crippen molar-refractivity contribution >= 4 is 11.1 Å². The molecule has 4 nitrogen and oxygen atoms in total. The van der Waals surface area contributed by atoms with E-state index in [2.05, 4.69) is 4.98 Å². The van der Waals surface area contributed by atoms with Crippen molar-refractivity contribution in [3.05, 3.63) is 35.7 Å². The van der Waals surface area contributed by atoms with Gasteiger partial charge < -0.3 is 8.97 Å². The molecule has 6 heteroatoms. The van der Waals surface area contributed by atoms with E-state index in [0.29, 0.717) is 17.0 Å². The van der Waals surface area contributed by atoms with Gasteiger partial charge in [0.2, 0.25) is 5.89 Å². The quantitative estimate of drug-likeness (QED) is 0.523. The summed E-state index contributed by atoms with van der Waals surface area (Å²) < 4.78 is 27.1. The van der Waals surface area contributed by atoms with Crippen LogP contribution in [0.25, 0.3) is 11.5 Å². The molecule has 0 N–H and O–H groups in total. The Morgan fingerprint density at radius 2 is 2.06 bits per heavy atom. The standard InChI is InChI=1S/C11H11NO3S.Na/c1-7-3-4-9(5-10(7)16(13)14)11-12-8(2)6-15-11;/h3-6H,1-2H3,(H,13,14);/q;+1/p-1. The molecule has 1 heterocycles. The van der Waals surface area contributed by atoms with E-state index in [9.17, 15) is 8.76 Å². The molecule has 0 aliphatic heterocycles. The number of hydrogen-bond donors (Lipinski definition) is 0. The van der Waals surface area contributed by atoms with Gasteiger partial charge in [-0.3, -0.25) is 4.21 Å². The molecule has 0 saturated heterocycles. The number of aromatic nitrogens is 1. The Labute approximate surface area is 124 Å². The van der Waals surface area contributed by atoms with Gasteiger partial charge in [-0.25, -0.2) is 4.98 Å². The second kappa shape index (κ2) is 5.93. The third-order valence-corrected chi connectivity index (χ3v) is 3.03. The van der Waals surface area contributed by atoms with Gasteiger partial charge >= 0.3 is 29.6 Å². The van der Waals surface area contributed by atoms with Crippen LogP contribution in [0.1, 0.15) is 11.3 Å². The Bertz CT molecular complexity index is 553. The third-order valence-electron chi connectivity index (χ3n) is 2.23. The largest absolute Gasteiger partial charge is 1.00 e. The zero-order valence-corrected chi connectivity index (χ0v) is 12.7. The van der Waals surface area contributed by atoms with Crippen molar-refractivity contribution in [1.29, 1.82) is 0 Å². The van der Waals surface area contributed by atoms with E-state index < -0.39 is 11.1 Å². The molecule has 0 amide bonds. The van der Waals surface area contributed by atoms with Crippen LogP contribution in [0.2, 0.25) is 0 Å². The number of nitrogens with zero attached hydrogens (tertiary/aromatic N) is 1. The summed E-state index contributed by atoms with van der Waals surface area (Å²) in [6.07, 6.45) is 1.53. The molecule has 1 atom stereocenters. The normalized spacial score (nSPS) is 11.9. The number of oxazole rings is 1. The van der Waals surface area contributed by atoms with E-state index in [1.54, 1.807) is 25.1 Å². The monoisotopic (exact) mass is 259 g/mol. The van der Waals surface area contributed by atoms with E-state index in [1.807, 2.05) is 6.92 Å². The molecule has 2 rings (SSSR count). The molecule has 84 valence electrons. The van der Waals surface area contributed by atoms with E-state index in [4.69, 9.17) is 4.42 Å². The summed E-state index contributed by atoms with van der Waals surface area (Å²) in [6.45, 7) is 3.56. The first-order chi connectivity index (χ1) is 7.58. The van der Waals surface area contributed by atoms with Gasteiger partial charge in [-0.1, -0.05) is 6.07 Å². The predicted molar refractivity (Wildman–Crippen MR) is 58.6 cm³/mol. The van der Waals surface area contributed by atoms with Crippen molar-refractivity contribution in [3.8, 4) is 11.5 Å². The maximum atomic E-state index is 11.0. The minimum atomic E-state index is -2.24. The van der Waals surface area contributed by atoms with Crippen LogP contribution in [0, 0.1) is 13.8 Å². The predicted octanol–water partition coefficient (Wildman–Crippen LogP) is -0.800. The molecule has 0 spiro atoms. The molecule has 0 aliphatic carbocycles. The van der Waals surface area contributed by atoms with Crippen molar-refractivity contribution in [2.45, 2.75) is 18.7 Å². The molecule has 0 fully saturated rings. The third kappa shape index (κ3) is 3.26. The van der Waals surface area contributed by atoms with Gasteiger partial charge in [0.1, 0.15) is 6.26 Å². The van der Waals surface area contributed by atoms with Crippen LogP contribution in [0.3, 0.4) is 0 Å². The summed E-state index contributed by atoms with van der Waals surface area (Å²) in [5.74, 6) is 0.434. The molecule has 0 saturated carbocycles. The van der Waals surface area contributed by atoms with Crippen LogP contribution in [0.5, 0.6) is 0 Å². The van der Waals surface area contributed by atoms with E-state index in [-0.39, 0.29) is 34.5 Å². The van der Waals surface area contributed by atoms with Crippen molar-refractivity contribution in [1.82, 2.24) is 4.98 Å². The van der Waals surface area contributed by atoms with E-state index >= 15 is 0 Å². The maximum absolute atomic E-state index is 11.0. The molecule has 0 aliphatic rings. The summed E-state index contributed by atoms with van der Waals surface area (Å²) >= 11 is -2.24. The van der Waals surface area contributed by atoms with Gasteiger partial charge in [-0.05, 0) is 42.6 Å². The number of hydrogen-bond acceptors (Lipinski definition) is 4. The molecule has 1 aromatic heterocycles. The molecule has 0 bridgehead atoms. The molecule has 1 aromatic carbocycles. The van der Waals surface area contributed by atoms with Gasteiger partial charge in [0.05, 0.1) is 5.69 Å². The van der Waals surface area contributed by atoms with Crippen LogP contribution in [0.4, 0.5) is 0 Å². The zero-order valence-electron chi connectivity index (χ0n) is 9.89. The Balaban J connectivity index is 0.00000144. The molecule has 2 aromatic rings. The Kier molecular flexibility index (Phi) is 5.09. The SMILES string of the molecule is Cc1coc(-c2ccc(C)c(S(=O)[O-])c2)n1.[Na+]. The Morgan fingerprint density at radius 3 is 2.59 bits per heavy atom. The number of aryl methyl sites for hydroxylation is 2. The topological polar surface area (TPSA) is 66.2 Å². The average molecular weight is 259 g/mol. The van der Waals surface area contributed by atoms with Crippen molar-refractivity contribution < 1.29 is 42.7 Å². The minimum Gasteiger partial charge on any atom is -0.768 e. The second-order valence-electron chi connectivity index (χ2n) is 3.51. The molecule has 17 heavy (non-hydrogen) atoms. The minimum absolute atomic E-state index is 0. The second-order valence-corrected chi connectivity index (χ2v) is 4.42. The van der Waals surface area contributed by atoms with Crippen molar-refractivity contribution in [3.63, 3.8) is 0 Å². The van der Waals surface area contributed by atoms with Crippen LogP contribution >= 0.6 is 0 Å². The summed E-state index contributed by atoms with van der Waals surface area (Å²) in [7, 11) is 0. The van der Waals surface area contributed by atoms with Crippen LogP contribution in [-0.4, -0.2) is 13.7 Å². The molecular formula is C11H10NNaO3S. The van der Waals surface area contributed by atoms with Crippen molar-refractivity contribution in [2.75, 3.05) is 0 Å². The molecule has 0 radical (unpaired) electrons. The fourth-order valence-corrected chi connectivity index (χ4v) is 1.95. The van der Waals surface area contributed by atoms with Gasteiger partial charge in [0, 0.05) is 10.5 Å². The summed E-state index contributed by atoms with van der Waals surface area (Å²) in [4.78, 5) is 4.42. The summed E-state index contributed by atoms with van der Waals surface area (Å²) in [5, 5.41) is 0. The van der Waals surface area contributed by atoms with Gasteiger partial charge in [0.15, 0.2) is 0 Å². The van der Waals surface area contributed by atoms with Gasteiger partial charge in [-0.15, -0.1) is 0 Å². The first kappa shape index (κ1) is 14.6. The number of benzene rings is 1. The molecular weight excluding hydrogens is 249 g/mol. The fraction of sp³-hybridized carbons (Fsp3) is 0.182. The van der Waals surface area contributed by atoms with Crippen LogP contribution in [0.15, 0.2) is 33.8 Å². The van der Waals surface area contributed by atoms with Gasteiger partial charge in [-0.2, -0.15) is 0 Å². The first-order valence-corrected chi connectivity index (χ1v) is 5.78. The van der Waals surface area contributed by atoms with Crippen LogP contribution < -0.4 is 29.6 Å².